The molecule has 1 saturated heterocycles. The van der Waals surface area contributed by atoms with E-state index in [1.54, 1.807) is 6.20 Å². The maximum absolute atomic E-state index is 6.26. The molecular formula is C12H21ClN4O. The van der Waals surface area contributed by atoms with E-state index in [4.69, 9.17) is 16.3 Å². The van der Waals surface area contributed by atoms with Crippen LogP contribution < -0.4 is 5.32 Å². The Morgan fingerprint density at radius 2 is 2.44 bits per heavy atom. The van der Waals surface area contributed by atoms with Gasteiger partial charge in [-0.05, 0) is 21.0 Å². The lowest BCUT2D eigenvalue weighted by molar-refractivity contribution is -0.0394. The van der Waals surface area contributed by atoms with Crippen molar-refractivity contribution in [3.63, 3.8) is 0 Å². The summed E-state index contributed by atoms with van der Waals surface area (Å²) in [5.74, 6) is 0. The number of morpholine rings is 1. The van der Waals surface area contributed by atoms with Gasteiger partial charge in [0.2, 0.25) is 0 Å². The van der Waals surface area contributed by atoms with Crippen LogP contribution in [0.25, 0.3) is 0 Å². The highest BCUT2D eigenvalue weighted by Gasteiger charge is 2.30. The van der Waals surface area contributed by atoms with Crippen LogP contribution in [-0.2, 0) is 11.3 Å². The first-order chi connectivity index (χ1) is 8.67. The summed E-state index contributed by atoms with van der Waals surface area (Å²) in [4.78, 5) is 2.28. The number of aromatic nitrogens is 2. The Hall–Kier alpha value is -0.620. The van der Waals surface area contributed by atoms with E-state index in [0.29, 0.717) is 5.02 Å². The molecule has 2 heterocycles. The van der Waals surface area contributed by atoms with Crippen LogP contribution in [0.1, 0.15) is 18.7 Å². The van der Waals surface area contributed by atoms with Gasteiger partial charge in [-0.3, -0.25) is 4.68 Å². The second kappa shape index (κ2) is 6.02. The second-order valence-electron chi connectivity index (χ2n) is 4.63. The monoisotopic (exact) mass is 272 g/mol. The van der Waals surface area contributed by atoms with Gasteiger partial charge in [-0.15, -0.1) is 0 Å². The number of aryl methyl sites for hydroxylation is 1. The number of ether oxygens (including phenoxy) is 1. The zero-order valence-electron chi connectivity index (χ0n) is 11.2. The molecule has 1 aromatic rings. The summed E-state index contributed by atoms with van der Waals surface area (Å²) in [6.07, 6.45) is 1.81. The Balaban J connectivity index is 2.24. The Labute approximate surface area is 113 Å². The maximum atomic E-state index is 6.26. The van der Waals surface area contributed by atoms with Gasteiger partial charge in [0.1, 0.15) is 0 Å². The fraction of sp³-hybridized carbons (Fsp3) is 0.750. The van der Waals surface area contributed by atoms with Gasteiger partial charge in [0.25, 0.3) is 0 Å². The molecule has 0 radical (unpaired) electrons. The van der Waals surface area contributed by atoms with Crippen LogP contribution in [0, 0.1) is 0 Å². The van der Waals surface area contributed by atoms with Crippen molar-refractivity contribution in [2.75, 3.05) is 33.8 Å². The number of rotatable bonds is 4. The lowest BCUT2D eigenvalue weighted by atomic mass is 10.1. The second-order valence-corrected chi connectivity index (χ2v) is 5.04. The lowest BCUT2D eigenvalue weighted by Gasteiger charge is -2.35. The van der Waals surface area contributed by atoms with E-state index in [9.17, 15) is 0 Å². The summed E-state index contributed by atoms with van der Waals surface area (Å²) in [5, 5.41) is 8.31. The third-order valence-electron chi connectivity index (χ3n) is 3.41. The number of hydrogen-bond donors (Lipinski definition) is 1. The summed E-state index contributed by atoms with van der Waals surface area (Å²) in [7, 11) is 4.05. The summed E-state index contributed by atoms with van der Waals surface area (Å²) >= 11 is 6.26. The van der Waals surface area contributed by atoms with Crippen molar-refractivity contribution >= 4 is 11.6 Å². The largest absolute Gasteiger partial charge is 0.374 e. The van der Waals surface area contributed by atoms with E-state index in [1.807, 2.05) is 11.7 Å². The fourth-order valence-corrected chi connectivity index (χ4v) is 2.70. The van der Waals surface area contributed by atoms with Crippen LogP contribution in [0.15, 0.2) is 6.20 Å². The molecule has 5 nitrogen and oxygen atoms in total. The van der Waals surface area contributed by atoms with E-state index < -0.39 is 0 Å². The quantitative estimate of drug-likeness (QED) is 0.893. The molecule has 0 aromatic carbocycles. The molecule has 0 spiro atoms. The SMILES string of the molecule is CCn1ncc(Cl)c1C(NC)C1CN(C)CCO1. The molecule has 102 valence electrons. The summed E-state index contributed by atoms with van der Waals surface area (Å²) in [6, 6.07) is 0.0719. The Morgan fingerprint density at radius 3 is 3.06 bits per heavy atom. The number of nitrogens with zero attached hydrogens (tertiary/aromatic N) is 3. The van der Waals surface area contributed by atoms with Crippen LogP contribution in [0.4, 0.5) is 0 Å². The van der Waals surface area contributed by atoms with Crippen LogP contribution in [-0.4, -0.2) is 54.6 Å². The highest BCUT2D eigenvalue weighted by Crippen LogP contribution is 2.27. The summed E-state index contributed by atoms with van der Waals surface area (Å²) in [5.41, 5.74) is 1.02. The number of likely N-dealkylation sites (N-methyl/N-ethyl adjacent to an activating group) is 2. The predicted molar refractivity (Wildman–Crippen MR) is 71.9 cm³/mol. The summed E-state index contributed by atoms with van der Waals surface area (Å²) in [6.45, 7) is 5.51. The van der Waals surface area contributed by atoms with Crippen molar-refractivity contribution in [1.82, 2.24) is 20.0 Å². The average molecular weight is 273 g/mol. The van der Waals surface area contributed by atoms with Crippen molar-refractivity contribution in [3.05, 3.63) is 16.9 Å². The molecule has 0 aliphatic carbocycles. The third-order valence-corrected chi connectivity index (χ3v) is 3.70. The van der Waals surface area contributed by atoms with Gasteiger partial charge in [0, 0.05) is 19.6 Å². The molecule has 0 bridgehead atoms. The van der Waals surface area contributed by atoms with Gasteiger partial charge in [-0.1, -0.05) is 11.6 Å². The van der Waals surface area contributed by atoms with Gasteiger partial charge in [-0.2, -0.15) is 5.10 Å². The Bertz CT molecular complexity index is 395. The van der Waals surface area contributed by atoms with Crippen molar-refractivity contribution in [1.29, 1.82) is 0 Å². The molecular weight excluding hydrogens is 252 g/mol. The van der Waals surface area contributed by atoms with E-state index in [2.05, 4.69) is 29.3 Å². The smallest absolute Gasteiger partial charge is 0.0912 e. The number of hydrogen-bond acceptors (Lipinski definition) is 4. The standard InChI is InChI=1S/C12H21ClN4O/c1-4-17-12(9(13)7-15-17)11(14-2)10-8-16(3)5-6-18-10/h7,10-11,14H,4-6,8H2,1-3H3. The molecule has 1 aliphatic heterocycles. The molecule has 0 saturated carbocycles. The molecule has 2 atom stereocenters. The van der Waals surface area contributed by atoms with Crippen LogP contribution >= 0.6 is 11.6 Å². The number of nitrogens with one attached hydrogen (secondary N) is 1. The van der Waals surface area contributed by atoms with Gasteiger partial charge >= 0.3 is 0 Å². The topological polar surface area (TPSA) is 42.3 Å². The fourth-order valence-electron chi connectivity index (χ4n) is 2.44. The first-order valence-electron chi connectivity index (χ1n) is 6.36. The normalized spacial score (nSPS) is 23.2. The van der Waals surface area contributed by atoms with E-state index in [0.717, 1.165) is 31.9 Å². The minimum Gasteiger partial charge on any atom is -0.374 e. The van der Waals surface area contributed by atoms with Gasteiger partial charge in [0.15, 0.2) is 0 Å². The van der Waals surface area contributed by atoms with Crippen LogP contribution in [0.2, 0.25) is 5.02 Å². The molecule has 2 unspecified atom stereocenters. The Morgan fingerprint density at radius 1 is 1.67 bits per heavy atom. The molecule has 1 fully saturated rings. The average Bonchev–Trinajstić information content (AvgIpc) is 2.72. The van der Waals surface area contributed by atoms with Crippen molar-refractivity contribution in [2.24, 2.45) is 0 Å². The molecule has 18 heavy (non-hydrogen) atoms. The van der Waals surface area contributed by atoms with Gasteiger partial charge in [-0.25, -0.2) is 0 Å². The third kappa shape index (κ3) is 2.69. The predicted octanol–water partition coefficient (Wildman–Crippen LogP) is 1.15. The highest BCUT2D eigenvalue weighted by atomic mass is 35.5. The summed E-state index contributed by atoms with van der Waals surface area (Å²) < 4.78 is 7.81. The van der Waals surface area contributed by atoms with Crippen molar-refractivity contribution < 1.29 is 4.74 Å². The van der Waals surface area contributed by atoms with Crippen molar-refractivity contribution in [2.45, 2.75) is 25.6 Å². The zero-order valence-corrected chi connectivity index (χ0v) is 11.9. The Kier molecular flexibility index (Phi) is 4.61. The lowest BCUT2D eigenvalue weighted by Crippen LogP contribution is -2.46. The van der Waals surface area contributed by atoms with E-state index >= 15 is 0 Å². The van der Waals surface area contributed by atoms with Gasteiger partial charge < -0.3 is 15.0 Å². The minimum atomic E-state index is 0.0719. The zero-order chi connectivity index (χ0) is 13.1. The first kappa shape index (κ1) is 13.8. The maximum Gasteiger partial charge on any atom is 0.0912 e. The molecule has 2 rings (SSSR count). The van der Waals surface area contributed by atoms with Crippen LogP contribution in [0.3, 0.4) is 0 Å². The molecule has 1 aromatic heterocycles. The highest BCUT2D eigenvalue weighted by molar-refractivity contribution is 6.31. The molecule has 1 aliphatic rings. The molecule has 1 N–H and O–H groups in total. The minimum absolute atomic E-state index is 0.0719. The molecule has 6 heteroatoms. The number of halogens is 1. The molecule has 0 amide bonds. The van der Waals surface area contributed by atoms with Crippen molar-refractivity contribution in [3.8, 4) is 0 Å². The van der Waals surface area contributed by atoms with Crippen LogP contribution in [0.5, 0.6) is 0 Å². The van der Waals surface area contributed by atoms with E-state index in [-0.39, 0.29) is 12.1 Å². The van der Waals surface area contributed by atoms with E-state index in [1.165, 1.54) is 0 Å². The first-order valence-corrected chi connectivity index (χ1v) is 6.73. The van der Waals surface area contributed by atoms with Gasteiger partial charge in [0.05, 0.1) is 35.7 Å².